The summed E-state index contributed by atoms with van der Waals surface area (Å²) in [6.07, 6.45) is 3.39. The third-order valence-corrected chi connectivity index (χ3v) is 3.59. The fraction of sp³-hybridized carbons (Fsp3) is 0.333. The van der Waals surface area contributed by atoms with E-state index in [1.807, 2.05) is 5.38 Å². The van der Waals surface area contributed by atoms with Crippen LogP contribution in [0.5, 0.6) is 0 Å². The first-order valence-electron chi connectivity index (χ1n) is 5.53. The predicted octanol–water partition coefficient (Wildman–Crippen LogP) is 3.81. The molecule has 0 spiro atoms. The van der Waals surface area contributed by atoms with Crippen LogP contribution in [0.4, 0.5) is 0 Å². The number of hydrogen-bond acceptors (Lipinski definition) is 5. The number of rotatable bonds is 5. The molecule has 2 aromatic rings. The third-order valence-electron chi connectivity index (χ3n) is 2.22. The van der Waals surface area contributed by atoms with Crippen molar-refractivity contribution in [1.82, 2.24) is 4.98 Å². The van der Waals surface area contributed by atoms with Gasteiger partial charge in [0.25, 0.3) is 0 Å². The van der Waals surface area contributed by atoms with Crippen LogP contribution in [0.3, 0.4) is 0 Å². The van der Waals surface area contributed by atoms with E-state index < -0.39 is 5.97 Å². The molecule has 0 aromatic carbocycles. The summed E-state index contributed by atoms with van der Waals surface area (Å²) >= 11 is 4.73. The number of esters is 1. The molecular formula is C12H12BrNO3S. The van der Waals surface area contributed by atoms with Gasteiger partial charge in [-0.1, -0.05) is 6.92 Å². The first-order chi connectivity index (χ1) is 8.69. The van der Waals surface area contributed by atoms with Crippen LogP contribution in [0.25, 0.3) is 0 Å². The lowest BCUT2D eigenvalue weighted by Crippen LogP contribution is -2.04. The van der Waals surface area contributed by atoms with Crippen LogP contribution in [0, 0.1) is 0 Å². The van der Waals surface area contributed by atoms with Crippen molar-refractivity contribution >= 4 is 33.2 Å². The van der Waals surface area contributed by atoms with Gasteiger partial charge in [0.05, 0.1) is 16.3 Å². The van der Waals surface area contributed by atoms with Crippen LogP contribution in [0.1, 0.15) is 34.4 Å². The molecule has 2 heterocycles. The number of carbonyl (C=O) groups is 1. The van der Waals surface area contributed by atoms with E-state index >= 15 is 0 Å². The molecule has 4 nitrogen and oxygen atoms in total. The van der Waals surface area contributed by atoms with Gasteiger partial charge in [0.15, 0.2) is 4.67 Å². The first kappa shape index (κ1) is 13.3. The van der Waals surface area contributed by atoms with Gasteiger partial charge < -0.3 is 9.15 Å². The minimum Gasteiger partial charge on any atom is -0.457 e. The fourth-order valence-electron chi connectivity index (χ4n) is 1.38. The standard InChI is InChI=1S/C12H12BrNO3S/c1-2-3-11-14-9(7-18-11)6-17-12(15)8-4-10(13)16-5-8/h4-5,7H,2-3,6H2,1H3. The second-order valence-electron chi connectivity index (χ2n) is 3.70. The van der Waals surface area contributed by atoms with Gasteiger partial charge in [-0.2, -0.15) is 0 Å². The molecule has 0 aliphatic rings. The molecule has 0 saturated carbocycles. The van der Waals surface area contributed by atoms with Crippen molar-refractivity contribution in [2.24, 2.45) is 0 Å². The zero-order valence-corrected chi connectivity index (χ0v) is 12.2. The molecule has 0 unspecified atom stereocenters. The highest BCUT2D eigenvalue weighted by Gasteiger charge is 2.11. The second-order valence-corrected chi connectivity index (χ2v) is 5.42. The monoisotopic (exact) mass is 329 g/mol. The van der Waals surface area contributed by atoms with Crippen molar-refractivity contribution in [1.29, 1.82) is 0 Å². The topological polar surface area (TPSA) is 52.3 Å². The molecule has 0 atom stereocenters. The van der Waals surface area contributed by atoms with Gasteiger partial charge in [-0.15, -0.1) is 11.3 Å². The van der Waals surface area contributed by atoms with Crippen molar-refractivity contribution in [2.45, 2.75) is 26.4 Å². The zero-order chi connectivity index (χ0) is 13.0. The van der Waals surface area contributed by atoms with Crippen LogP contribution >= 0.6 is 27.3 Å². The van der Waals surface area contributed by atoms with E-state index in [2.05, 4.69) is 27.8 Å². The van der Waals surface area contributed by atoms with Gasteiger partial charge in [0, 0.05) is 11.4 Å². The lowest BCUT2D eigenvalue weighted by Gasteiger charge is -1.99. The average Bonchev–Trinajstić information content (AvgIpc) is 2.96. The molecule has 18 heavy (non-hydrogen) atoms. The molecule has 0 radical (unpaired) electrons. The number of ether oxygens (including phenoxy) is 1. The lowest BCUT2D eigenvalue weighted by atomic mass is 10.3. The van der Waals surface area contributed by atoms with E-state index in [0.717, 1.165) is 23.5 Å². The fourth-order valence-corrected chi connectivity index (χ4v) is 2.61. The molecule has 0 aliphatic carbocycles. The SMILES string of the molecule is CCCc1nc(COC(=O)c2coc(Br)c2)cs1. The molecule has 0 aliphatic heterocycles. The van der Waals surface area contributed by atoms with Crippen LogP contribution in [0.2, 0.25) is 0 Å². The molecule has 2 aromatic heterocycles. The number of carbonyl (C=O) groups excluding carboxylic acids is 1. The second kappa shape index (κ2) is 6.15. The maximum Gasteiger partial charge on any atom is 0.341 e. The number of halogens is 1. The largest absolute Gasteiger partial charge is 0.457 e. The molecule has 0 fully saturated rings. The Kier molecular flexibility index (Phi) is 4.54. The molecule has 6 heteroatoms. The Morgan fingerprint density at radius 2 is 2.44 bits per heavy atom. The molecule has 0 saturated heterocycles. The van der Waals surface area contributed by atoms with Gasteiger partial charge in [0.1, 0.15) is 12.9 Å². The van der Waals surface area contributed by atoms with E-state index in [0.29, 0.717) is 10.2 Å². The van der Waals surface area contributed by atoms with Gasteiger partial charge in [0.2, 0.25) is 0 Å². The highest BCUT2D eigenvalue weighted by molar-refractivity contribution is 9.10. The highest BCUT2D eigenvalue weighted by atomic mass is 79.9. The normalized spacial score (nSPS) is 10.6. The Hall–Kier alpha value is -1.14. The Labute approximate surface area is 117 Å². The van der Waals surface area contributed by atoms with Crippen molar-refractivity contribution in [3.05, 3.63) is 38.6 Å². The van der Waals surface area contributed by atoms with Crippen LogP contribution in [0.15, 0.2) is 26.8 Å². The number of aryl methyl sites for hydroxylation is 1. The van der Waals surface area contributed by atoms with Gasteiger partial charge in [-0.25, -0.2) is 9.78 Å². The van der Waals surface area contributed by atoms with E-state index in [1.165, 1.54) is 6.26 Å². The summed E-state index contributed by atoms with van der Waals surface area (Å²) in [7, 11) is 0. The smallest absolute Gasteiger partial charge is 0.341 e. The maximum absolute atomic E-state index is 11.6. The van der Waals surface area contributed by atoms with Gasteiger partial charge >= 0.3 is 5.97 Å². The van der Waals surface area contributed by atoms with Crippen LogP contribution in [-0.4, -0.2) is 11.0 Å². The zero-order valence-electron chi connectivity index (χ0n) is 9.81. The number of aromatic nitrogens is 1. The predicted molar refractivity (Wildman–Crippen MR) is 71.6 cm³/mol. The lowest BCUT2D eigenvalue weighted by molar-refractivity contribution is 0.0467. The third kappa shape index (κ3) is 3.43. The Bertz CT molecular complexity index is 535. The highest BCUT2D eigenvalue weighted by Crippen LogP contribution is 2.16. The summed E-state index contributed by atoms with van der Waals surface area (Å²) in [6, 6.07) is 1.58. The molecule has 96 valence electrons. The Balaban J connectivity index is 1.88. The average molecular weight is 330 g/mol. The minimum absolute atomic E-state index is 0.196. The quantitative estimate of drug-likeness (QED) is 0.783. The Morgan fingerprint density at radius 3 is 3.11 bits per heavy atom. The van der Waals surface area contributed by atoms with Crippen molar-refractivity contribution in [3.63, 3.8) is 0 Å². The van der Waals surface area contributed by atoms with Crippen molar-refractivity contribution in [2.75, 3.05) is 0 Å². The maximum atomic E-state index is 11.6. The van der Waals surface area contributed by atoms with E-state index in [-0.39, 0.29) is 6.61 Å². The molecule has 0 amide bonds. The summed E-state index contributed by atoms with van der Waals surface area (Å²) in [5.41, 5.74) is 1.19. The van der Waals surface area contributed by atoms with E-state index in [4.69, 9.17) is 9.15 Å². The number of furan rings is 1. The first-order valence-corrected chi connectivity index (χ1v) is 7.20. The molecule has 0 bridgehead atoms. The number of nitrogens with zero attached hydrogens (tertiary/aromatic N) is 1. The Morgan fingerprint density at radius 1 is 1.61 bits per heavy atom. The molecular weight excluding hydrogens is 318 g/mol. The number of hydrogen-bond donors (Lipinski definition) is 0. The van der Waals surface area contributed by atoms with Crippen LogP contribution < -0.4 is 0 Å². The molecule has 2 rings (SSSR count). The number of thiazole rings is 1. The summed E-state index contributed by atoms with van der Waals surface area (Å²) < 4.78 is 10.6. The van der Waals surface area contributed by atoms with Gasteiger partial charge in [-0.3, -0.25) is 0 Å². The van der Waals surface area contributed by atoms with Crippen molar-refractivity contribution < 1.29 is 13.9 Å². The van der Waals surface area contributed by atoms with E-state index in [1.54, 1.807) is 17.4 Å². The summed E-state index contributed by atoms with van der Waals surface area (Å²) in [6.45, 7) is 2.31. The van der Waals surface area contributed by atoms with E-state index in [9.17, 15) is 4.79 Å². The molecule has 0 N–H and O–H groups in total. The minimum atomic E-state index is -0.408. The summed E-state index contributed by atoms with van der Waals surface area (Å²) in [5, 5.41) is 3.00. The summed E-state index contributed by atoms with van der Waals surface area (Å²) in [4.78, 5) is 16.0. The van der Waals surface area contributed by atoms with Gasteiger partial charge in [-0.05, 0) is 28.8 Å². The summed E-state index contributed by atoms with van der Waals surface area (Å²) in [5.74, 6) is -0.408. The van der Waals surface area contributed by atoms with Crippen LogP contribution in [-0.2, 0) is 17.8 Å². The van der Waals surface area contributed by atoms with Crippen molar-refractivity contribution in [3.8, 4) is 0 Å².